The summed E-state index contributed by atoms with van der Waals surface area (Å²) in [4.78, 5) is 18.3. The van der Waals surface area contributed by atoms with E-state index in [1.165, 1.54) is 4.90 Å². The Kier molecular flexibility index (Phi) is 2.92. The number of carbonyl (C=O) groups is 1. The zero-order valence-electron chi connectivity index (χ0n) is 9.95. The highest BCUT2D eigenvalue weighted by molar-refractivity contribution is 5.84. The molecule has 1 aliphatic heterocycles. The van der Waals surface area contributed by atoms with Gasteiger partial charge in [-0.2, -0.15) is 13.2 Å². The van der Waals surface area contributed by atoms with Crippen molar-refractivity contribution in [2.45, 2.75) is 13.1 Å². The second-order valence-corrected chi connectivity index (χ2v) is 4.29. The molecule has 1 aliphatic rings. The van der Waals surface area contributed by atoms with E-state index in [0.29, 0.717) is 18.1 Å². The summed E-state index contributed by atoms with van der Waals surface area (Å²) in [6.45, 7) is 2.05. The molecule has 18 heavy (non-hydrogen) atoms. The number of hydrogen-bond donors (Lipinski definition) is 0. The topological polar surface area (TPSA) is 36.4 Å². The van der Waals surface area contributed by atoms with E-state index in [1.807, 2.05) is 0 Å². The lowest BCUT2D eigenvalue weighted by Gasteiger charge is -2.19. The highest BCUT2D eigenvalue weighted by Crippen LogP contribution is 2.31. The summed E-state index contributed by atoms with van der Waals surface area (Å²) in [5.41, 5.74) is -0.365. The highest BCUT2D eigenvalue weighted by Gasteiger charge is 2.32. The van der Waals surface area contributed by atoms with Crippen LogP contribution < -0.4 is 4.90 Å². The van der Waals surface area contributed by atoms with Gasteiger partial charge in [0.25, 0.3) is 0 Å². The Morgan fingerprint density at radius 2 is 2.06 bits per heavy atom. The summed E-state index contributed by atoms with van der Waals surface area (Å²) < 4.78 is 37.5. The average molecular weight is 259 g/mol. The molecular formula is C11H12F3N3O. The van der Waals surface area contributed by atoms with Crippen LogP contribution in [0.5, 0.6) is 0 Å². The number of hydrogen-bond acceptors (Lipinski definition) is 3. The Bertz CT molecular complexity index is 487. The molecule has 1 aromatic heterocycles. The van der Waals surface area contributed by atoms with Crippen LogP contribution in [0.4, 0.5) is 19.0 Å². The van der Waals surface area contributed by atoms with Gasteiger partial charge in [-0.25, -0.2) is 4.98 Å². The molecule has 0 aromatic carbocycles. The van der Waals surface area contributed by atoms with Crippen LogP contribution in [-0.4, -0.2) is 36.1 Å². The fourth-order valence-corrected chi connectivity index (χ4v) is 1.86. The second kappa shape index (κ2) is 4.15. The van der Waals surface area contributed by atoms with Gasteiger partial charge in [0.05, 0.1) is 12.2 Å². The molecule has 0 atom stereocenters. The van der Waals surface area contributed by atoms with Crippen LogP contribution >= 0.6 is 0 Å². The second-order valence-electron chi connectivity index (χ2n) is 4.29. The first-order valence-corrected chi connectivity index (χ1v) is 5.32. The van der Waals surface area contributed by atoms with Gasteiger partial charge in [0, 0.05) is 13.2 Å². The largest absolute Gasteiger partial charge is 0.417 e. The molecular weight excluding hydrogens is 247 g/mol. The van der Waals surface area contributed by atoms with E-state index in [9.17, 15) is 18.0 Å². The van der Waals surface area contributed by atoms with Gasteiger partial charge in [0.2, 0.25) is 5.91 Å². The molecule has 0 aliphatic carbocycles. The molecule has 0 saturated carbocycles. The van der Waals surface area contributed by atoms with Crippen LogP contribution in [0, 0.1) is 6.92 Å². The first kappa shape index (κ1) is 12.7. The van der Waals surface area contributed by atoms with Crippen molar-refractivity contribution in [3.05, 3.63) is 23.4 Å². The number of pyridine rings is 1. The van der Waals surface area contributed by atoms with Gasteiger partial charge in [0.1, 0.15) is 12.4 Å². The van der Waals surface area contributed by atoms with Crippen molar-refractivity contribution in [3.63, 3.8) is 0 Å². The summed E-state index contributed by atoms with van der Waals surface area (Å²) >= 11 is 0. The SMILES string of the molecule is Cc1cc(C(F)(F)F)cnc1N1CC(=O)N(C)C1. The van der Waals surface area contributed by atoms with Gasteiger partial charge in [-0.1, -0.05) is 0 Å². The van der Waals surface area contributed by atoms with Crippen LogP contribution in [0.3, 0.4) is 0 Å². The van der Waals surface area contributed by atoms with Crippen LogP contribution in [0.15, 0.2) is 12.3 Å². The molecule has 2 heterocycles. The molecule has 1 saturated heterocycles. The van der Waals surface area contributed by atoms with Crippen molar-refractivity contribution in [2.75, 3.05) is 25.2 Å². The van der Waals surface area contributed by atoms with E-state index in [-0.39, 0.29) is 12.5 Å². The zero-order valence-corrected chi connectivity index (χ0v) is 9.95. The third kappa shape index (κ3) is 2.25. The monoisotopic (exact) mass is 259 g/mol. The molecule has 2 rings (SSSR count). The van der Waals surface area contributed by atoms with Crippen LogP contribution in [-0.2, 0) is 11.0 Å². The molecule has 1 fully saturated rings. The Morgan fingerprint density at radius 3 is 2.50 bits per heavy atom. The van der Waals surface area contributed by atoms with Crippen LogP contribution in [0.25, 0.3) is 0 Å². The molecule has 0 unspecified atom stereocenters. The van der Waals surface area contributed by atoms with Crippen molar-refractivity contribution in [2.24, 2.45) is 0 Å². The predicted molar refractivity (Wildman–Crippen MR) is 59.0 cm³/mol. The van der Waals surface area contributed by atoms with Gasteiger partial charge < -0.3 is 9.80 Å². The lowest BCUT2D eigenvalue weighted by molar-refractivity contribution is -0.137. The highest BCUT2D eigenvalue weighted by atomic mass is 19.4. The van der Waals surface area contributed by atoms with Crippen molar-refractivity contribution >= 4 is 11.7 Å². The normalized spacial score (nSPS) is 16.6. The lowest BCUT2D eigenvalue weighted by atomic mass is 10.2. The van der Waals surface area contributed by atoms with Crippen molar-refractivity contribution in [1.29, 1.82) is 0 Å². The van der Waals surface area contributed by atoms with E-state index >= 15 is 0 Å². The molecule has 7 heteroatoms. The molecule has 0 N–H and O–H groups in total. The van der Waals surface area contributed by atoms with Crippen molar-refractivity contribution in [3.8, 4) is 0 Å². The zero-order chi connectivity index (χ0) is 13.5. The smallest absolute Gasteiger partial charge is 0.329 e. The van der Waals surface area contributed by atoms with Gasteiger partial charge in [-0.15, -0.1) is 0 Å². The summed E-state index contributed by atoms with van der Waals surface area (Å²) in [7, 11) is 1.64. The minimum Gasteiger partial charge on any atom is -0.329 e. The minimum absolute atomic E-state index is 0.0731. The Balaban J connectivity index is 2.29. The number of rotatable bonds is 1. The summed E-state index contributed by atoms with van der Waals surface area (Å²) in [5.74, 6) is 0.344. The lowest BCUT2D eigenvalue weighted by Crippen LogP contribution is -2.24. The number of halogens is 3. The summed E-state index contributed by atoms with van der Waals surface area (Å²) in [6, 6.07) is 1.05. The number of aryl methyl sites for hydroxylation is 1. The summed E-state index contributed by atoms with van der Waals surface area (Å²) in [6.07, 6.45) is -3.60. The number of nitrogens with zero attached hydrogens (tertiary/aromatic N) is 3. The van der Waals surface area contributed by atoms with E-state index in [2.05, 4.69) is 4.98 Å². The average Bonchev–Trinajstić information content (AvgIpc) is 2.57. The third-order valence-electron chi connectivity index (χ3n) is 2.81. The molecule has 0 bridgehead atoms. The van der Waals surface area contributed by atoms with Crippen molar-refractivity contribution in [1.82, 2.24) is 9.88 Å². The first-order valence-electron chi connectivity index (χ1n) is 5.32. The van der Waals surface area contributed by atoms with Crippen LogP contribution in [0.1, 0.15) is 11.1 Å². The van der Waals surface area contributed by atoms with E-state index in [1.54, 1.807) is 18.9 Å². The van der Waals surface area contributed by atoms with Gasteiger partial charge in [0.15, 0.2) is 0 Å². The molecule has 4 nitrogen and oxygen atoms in total. The summed E-state index contributed by atoms with van der Waals surface area (Å²) in [5, 5.41) is 0. The number of likely N-dealkylation sites (N-methyl/N-ethyl adjacent to an activating group) is 1. The Hall–Kier alpha value is -1.79. The fourth-order valence-electron chi connectivity index (χ4n) is 1.86. The molecule has 1 amide bonds. The number of amides is 1. The Labute approximate surface area is 102 Å². The van der Waals surface area contributed by atoms with E-state index in [4.69, 9.17) is 0 Å². The van der Waals surface area contributed by atoms with Gasteiger partial charge in [-0.05, 0) is 18.6 Å². The molecule has 98 valence electrons. The maximum Gasteiger partial charge on any atom is 0.417 e. The van der Waals surface area contributed by atoms with Gasteiger partial charge in [-0.3, -0.25) is 4.79 Å². The predicted octanol–water partition coefficient (Wildman–Crippen LogP) is 1.64. The van der Waals surface area contributed by atoms with Crippen LogP contribution in [0.2, 0.25) is 0 Å². The van der Waals surface area contributed by atoms with Crippen molar-refractivity contribution < 1.29 is 18.0 Å². The van der Waals surface area contributed by atoms with Gasteiger partial charge >= 0.3 is 6.18 Å². The number of carbonyl (C=O) groups excluding carboxylic acids is 1. The Morgan fingerprint density at radius 1 is 1.39 bits per heavy atom. The van der Waals surface area contributed by atoms with E-state index in [0.717, 1.165) is 12.3 Å². The molecule has 0 spiro atoms. The maximum absolute atomic E-state index is 12.5. The third-order valence-corrected chi connectivity index (χ3v) is 2.81. The standard InChI is InChI=1S/C11H12F3N3O/c1-7-3-8(11(12,13)14)4-15-10(7)17-5-9(18)16(2)6-17/h3-4H,5-6H2,1-2H3. The quantitative estimate of drug-likeness (QED) is 0.769. The number of anilines is 1. The molecule has 0 radical (unpaired) electrons. The molecule has 1 aromatic rings. The maximum atomic E-state index is 12.5. The minimum atomic E-state index is -4.39. The first-order chi connectivity index (χ1) is 8.29. The van der Waals surface area contributed by atoms with E-state index < -0.39 is 11.7 Å². The number of alkyl halides is 3. The fraction of sp³-hybridized carbons (Fsp3) is 0.455. The number of aromatic nitrogens is 1.